The highest BCUT2D eigenvalue weighted by atomic mass is 35.5. The van der Waals surface area contributed by atoms with Crippen molar-refractivity contribution in [2.45, 2.75) is 5.60 Å². The highest BCUT2D eigenvalue weighted by Crippen LogP contribution is 2.40. The van der Waals surface area contributed by atoms with Crippen LogP contribution in [-0.2, 0) is 5.60 Å². The Morgan fingerprint density at radius 2 is 1.63 bits per heavy atom. The van der Waals surface area contributed by atoms with Crippen LogP contribution in [-0.4, -0.2) is 21.0 Å². The van der Waals surface area contributed by atoms with Gasteiger partial charge < -0.3 is 10.8 Å². The number of aromatic nitrogens is 2. The van der Waals surface area contributed by atoms with Crippen molar-refractivity contribution in [3.8, 4) is 23.3 Å². The number of hydrogen-bond acceptors (Lipinski definition) is 6. The molecular weight excluding hydrogens is 498 g/mol. The molecule has 0 bridgehead atoms. The van der Waals surface area contributed by atoms with Crippen molar-refractivity contribution in [2.75, 3.05) is 0 Å². The molecule has 5 rings (SSSR count). The Morgan fingerprint density at radius 1 is 0.895 bits per heavy atom. The van der Waals surface area contributed by atoms with Gasteiger partial charge in [0.25, 0.3) is 5.91 Å². The first-order valence-corrected chi connectivity index (χ1v) is 11.8. The molecule has 1 amide bonds. The van der Waals surface area contributed by atoms with E-state index >= 15 is 0 Å². The van der Waals surface area contributed by atoms with Crippen LogP contribution in [0.15, 0.2) is 91.1 Å². The molecule has 0 spiro atoms. The standard InChI is InChI=1S/C30H18ClN5O2/c31-22-8-4-7-19(13-22)30(38,21-10-12-26(29(34)37)35-17-21)20-9-11-25-23(14-20)24(15-32)28(27(16-33)36-25)18-5-2-1-3-6-18/h1-14,17,38H,(H2,34,37). The lowest BCUT2D eigenvalue weighted by molar-refractivity contribution is 0.0994. The lowest BCUT2D eigenvalue weighted by atomic mass is 9.80. The minimum atomic E-state index is -1.77. The van der Waals surface area contributed by atoms with Crippen molar-refractivity contribution in [2.24, 2.45) is 5.73 Å². The minimum absolute atomic E-state index is 0.0493. The average Bonchev–Trinajstić information content (AvgIpc) is 2.95. The van der Waals surface area contributed by atoms with Crippen LogP contribution in [0.1, 0.15) is 38.4 Å². The van der Waals surface area contributed by atoms with Gasteiger partial charge in [-0.2, -0.15) is 10.5 Å². The van der Waals surface area contributed by atoms with Crippen LogP contribution in [0.5, 0.6) is 0 Å². The number of nitrogens with zero attached hydrogens (tertiary/aromatic N) is 4. The molecule has 0 fully saturated rings. The number of fused-ring (bicyclic) bond motifs is 1. The number of nitrogens with two attached hydrogens (primary N) is 1. The van der Waals surface area contributed by atoms with Gasteiger partial charge in [-0.05, 0) is 47.0 Å². The van der Waals surface area contributed by atoms with E-state index in [9.17, 15) is 20.4 Å². The van der Waals surface area contributed by atoms with Gasteiger partial charge in [0.2, 0.25) is 0 Å². The molecule has 3 N–H and O–H groups in total. The Labute approximate surface area is 223 Å². The normalized spacial score (nSPS) is 12.3. The predicted octanol–water partition coefficient (Wildman–Crippen LogP) is 5.08. The zero-order chi connectivity index (χ0) is 26.9. The average molecular weight is 516 g/mol. The summed E-state index contributed by atoms with van der Waals surface area (Å²) in [6, 6.07) is 28.2. The predicted molar refractivity (Wildman–Crippen MR) is 143 cm³/mol. The first-order chi connectivity index (χ1) is 18.4. The maximum atomic E-state index is 12.3. The first kappa shape index (κ1) is 24.6. The molecule has 1 unspecified atom stereocenters. The van der Waals surface area contributed by atoms with E-state index in [4.69, 9.17) is 17.3 Å². The van der Waals surface area contributed by atoms with Gasteiger partial charge in [-0.15, -0.1) is 0 Å². The molecule has 7 nitrogen and oxygen atoms in total. The molecule has 38 heavy (non-hydrogen) atoms. The monoisotopic (exact) mass is 515 g/mol. The van der Waals surface area contributed by atoms with Gasteiger partial charge in [0.05, 0.1) is 11.1 Å². The largest absolute Gasteiger partial charge is 0.376 e. The van der Waals surface area contributed by atoms with Crippen LogP contribution in [0.25, 0.3) is 22.0 Å². The van der Waals surface area contributed by atoms with Gasteiger partial charge in [0, 0.05) is 27.7 Å². The van der Waals surface area contributed by atoms with Gasteiger partial charge in [0.1, 0.15) is 29.1 Å². The summed E-state index contributed by atoms with van der Waals surface area (Å²) in [5.41, 5.74) is 6.75. The fourth-order valence-corrected chi connectivity index (χ4v) is 4.73. The summed E-state index contributed by atoms with van der Waals surface area (Å²) in [7, 11) is 0. The van der Waals surface area contributed by atoms with E-state index in [1.54, 1.807) is 48.5 Å². The number of halogens is 1. The lowest BCUT2D eigenvalue weighted by Crippen LogP contribution is -2.29. The fourth-order valence-electron chi connectivity index (χ4n) is 4.54. The molecule has 3 aromatic carbocycles. The Morgan fingerprint density at radius 3 is 2.26 bits per heavy atom. The number of pyridine rings is 2. The highest BCUT2D eigenvalue weighted by Gasteiger charge is 2.35. The molecule has 0 aliphatic rings. The number of rotatable bonds is 5. The summed E-state index contributed by atoms with van der Waals surface area (Å²) < 4.78 is 0. The number of primary amides is 1. The van der Waals surface area contributed by atoms with Crippen molar-refractivity contribution in [1.82, 2.24) is 9.97 Å². The molecule has 0 saturated heterocycles. The van der Waals surface area contributed by atoms with Crippen molar-refractivity contribution in [1.29, 1.82) is 10.5 Å². The Balaban J connectivity index is 1.82. The fraction of sp³-hybridized carbons (Fsp3) is 0.0333. The maximum Gasteiger partial charge on any atom is 0.267 e. The Hall–Kier alpha value is -5.08. The molecule has 2 heterocycles. The second-order valence-electron chi connectivity index (χ2n) is 8.55. The number of benzene rings is 3. The van der Waals surface area contributed by atoms with Crippen molar-refractivity contribution >= 4 is 28.4 Å². The SMILES string of the molecule is N#Cc1nc2ccc(C(O)(c3ccc(C(N)=O)nc3)c3cccc(Cl)c3)cc2c(C#N)c1-c1ccccc1. The van der Waals surface area contributed by atoms with Crippen LogP contribution in [0.4, 0.5) is 0 Å². The summed E-state index contributed by atoms with van der Waals surface area (Å²) >= 11 is 6.29. The molecule has 1 atom stereocenters. The molecule has 0 aliphatic heterocycles. The van der Waals surface area contributed by atoms with Gasteiger partial charge in [-0.1, -0.05) is 66.2 Å². The summed E-state index contributed by atoms with van der Waals surface area (Å²) in [6.45, 7) is 0. The van der Waals surface area contributed by atoms with E-state index in [1.807, 2.05) is 30.3 Å². The second-order valence-corrected chi connectivity index (χ2v) is 8.99. The van der Waals surface area contributed by atoms with Crippen LogP contribution in [0.2, 0.25) is 5.02 Å². The van der Waals surface area contributed by atoms with Crippen LogP contribution in [0.3, 0.4) is 0 Å². The maximum absolute atomic E-state index is 12.3. The summed E-state index contributed by atoms with van der Waals surface area (Å²) in [5.74, 6) is -0.694. The molecule has 5 aromatic rings. The number of aliphatic hydroxyl groups is 1. The number of nitriles is 2. The van der Waals surface area contributed by atoms with Crippen molar-refractivity contribution < 1.29 is 9.90 Å². The van der Waals surface area contributed by atoms with Gasteiger partial charge in [-0.25, -0.2) is 4.98 Å². The Bertz CT molecular complexity index is 1790. The summed E-state index contributed by atoms with van der Waals surface area (Å²) in [4.78, 5) is 20.2. The van der Waals surface area contributed by atoms with Crippen LogP contribution < -0.4 is 5.73 Å². The number of amides is 1. The smallest absolute Gasteiger partial charge is 0.267 e. The quantitative estimate of drug-likeness (QED) is 0.335. The van der Waals surface area contributed by atoms with Crippen LogP contribution >= 0.6 is 11.6 Å². The van der Waals surface area contributed by atoms with Crippen molar-refractivity contribution in [3.63, 3.8) is 0 Å². The first-order valence-electron chi connectivity index (χ1n) is 11.5. The van der Waals surface area contributed by atoms with E-state index in [-0.39, 0.29) is 17.0 Å². The van der Waals surface area contributed by atoms with Gasteiger partial charge in [0.15, 0.2) is 0 Å². The number of hydrogen-bond donors (Lipinski definition) is 2. The third kappa shape index (κ3) is 4.12. The zero-order valence-electron chi connectivity index (χ0n) is 19.8. The Kier molecular flexibility index (Phi) is 6.32. The number of carbonyl (C=O) groups is 1. The van der Waals surface area contributed by atoms with E-state index in [1.165, 1.54) is 12.3 Å². The highest BCUT2D eigenvalue weighted by molar-refractivity contribution is 6.30. The summed E-state index contributed by atoms with van der Waals surface area (Å²) in [6.07, 6.45) is 1.38. The molecule has 2 aromatic heterocycles. The molecule has 0 radical (unpaired) electrons. The molecule has 182 valence electrons. The molecular formula is C30H18ClN5O2. The minimum Gasteiger partial charge on any atom is -0.376 e. The van der Waals surface area contributed by atoms with E-state index < -0.39 is 11.5 Å². The molecule has 8 heteroatoms. The zero-order valence-corrected chi connectivity index (χ0v) is 20.5. The van der Waals surface area contributed by atoms with Crippen molar-refractivity contribution in [3.05, 3.63) is 130 Å². The number of carbonyl (C=O) groups excluding carboxylic acids is 1. The molecule has 0 aliphatic carbocycles. The van der Waals surface area contributed by atoms with E-state index in [2.05, 4.69) is 22.1 Å². The molecule has 0 saturated carbocycles. The van der Waals surface area contributed by atoms with E-state index in [0.717, 1.165) is 0 Å². The van der Waals surface area contributed by atoms with Gasteiger partial charge in [-0.3, -0.25) is 9.78 Å². The lowest BCUT2D eigenvalue weighted by Gasteiger charge is -2.30. The third-order valence-electron chi connectivity index (χ3n) is 6.36. The van der Waals surface area contributed by atoms with E-state index in [0.29, 0.717) is 43.7 Å². The second kappa shape index (κ2) is 9.76. The topological polar surface area (TPSA) is 137 Å². The van der Waals surface area contributed by atoms with Crippen LogP contribution in [0, 0.1) is 22.7 Å². The third-order valence-corrected chi connectivity index (χ3v) is 6.59. The van der Waals surface area contributed by atoms with Gasteiger partial charge >= 0.3 is 0 Å². The summed E-state index contributed by atoms with van der Waals surface area (Å²) in [5, 5.41) is 33.2.